The molecule has 3 aliphatic rings. The van der Waals surface area contributed by atoms with E-state index >= 15 is 4.39 Å². The average Bonchev–Trinajstić information content (AvgIpc) is 3.54. The van der Waals surface area contributed by atoms with E-state index in [1.165, 1.54) is 28.2 Å². The Morgan fingerprint density at radius 1 is 1.16 bits per heavy atom. The molecular weight excluding hydrogens is 750 g/mol. The summed E-state index contributed by atoms with van der Waals surface area (Å²) in [6, 6.07) is 8.94. The van der Waals surface area contributed by atoms with E-state index in [4.69, 9.17) is 24.1 Å². The number of hydrogen-bond donors (Lipinski definition) is 4. The number of carbonyl (C=O) groups is 2. The molecule has 0 saturated carbocycles. The summed E-state index contributed by atoms with van der Waals surface area (Å²) < 4.78 is 46.6. The first-order valence-corrected chi connectivity index (χ1v) is 20.9. The molecule has 16 heteroatoms. The van der Waals surface area contributed by atoms with Crippen LogP contribution in [0, 0.1) is 12.7 Å². The van der Waals surface area contributed by atoms with E-state index < -0.39 is 36.5 Å². The highest BCUT2D eigenvalue weighted by molar-refractivity contribution is 8.02. The molecule has 1 unspecified atom stereocenters. The third kappa shape index (κ3) is 7.13. The number of hydrogen-bond acceptors (Lipinski definition) is 11. The Morgan fingerprint density at radius 3 is 2.67 bits per heavy atom. The molecule has 2 aliphatic heterocycles. The molecule has 4 aromatic rings. The van der Waals surface area contributed by atoms with Crippen molar-refractivity contribution in [3.05, 3.63) is 103 Å². The van der Waals surface area contributed by atoms with Crippen molar-refractivity contribution in [3.8, 4) is 11.4 Å². The number of rotatable bonds is 14. The molecule has 4 heterocycles. The van der Waals surface area contributed by atoms with E-state index in [-0.39, 0.29) is 63.0 Å². The van der Waals surface area contributed by atoms with Gasteiger partial charge in [0.2, 0.25) is 0 Å². The van der Waals surface area contributed by atoms with Crippen molar-refractivity contribution in [1.29, 1.82) is 0 Å². The lowest BCUT2D eigenvalue weighted by molar-refractivity contribution is -0.172. The Kier molecular flexibility index (Phi) is 11.1. The van der Waals surface area contributed by atoms with E-state index in [9.17, 15) is 24.1 Å². The standard InChI is InChI=1S/C39H42FN4O9PS/c1-4-39(49)28-18-32-35-26(20-44(32)37(47)27(28)21-52-38(39)48)34-30(11-10-25-22(3)29(40)19-31(41-35)33(25)34)42-36(46)23-6-8-24(9-7-23)43-54(50,16-17-55-5-2)53-15-14-51-13-12-45/h6-9,16-19,30,45,49H,4-5,10-15,20-21H2,1-3H3,(H,42,46)(H,43,50)/b17-16-/t30-,39-,54?/m0/s1. The zero-order chi connectivity index (χ0) is 39.1. The number of pyridine rings is 2. The predicted octanol–water partition coefficient (Wildman–Crippen LogP) is 5.80. The summed E-state index contributed by atoms with van der Waals surface area (Å²) in [5.41, 5.74) is 2.67. The number of esters is 1. The van der Waals surface area contributed by atoms with Crippen LogP contribution in [-0.4, -0.2) is 63.8 Å². The van der Waals surface area contributed by atoms with Crippen LogP contribution in [0.25, 0.3) is 22.3 Å². The van der Waals surface area contributed by atoms with Crippen LogP contribution in [-0.2, 0) is 48.5 Å². The Labute approximate surface area is 320 Å². The number of amides is 1. The molecule has 290 valence electrons. The maximum absolute atomic E-state index is 15.3. The summed E-state index contributed by atoms with van der Waals surface area (Å²) in [7, 11) is -3.50. The minimum atomic E-state index is -3.50. The summed E-state index contributed by atoms with van der Waals surface area (Å²) in [5.74, 6) is 0.654. The second-order valence-corrected chi connectivity index (χ2v) is 16.7. The minimum Gasteiger partial charge on any atom is -0.458 e. The molecule has 2 aromatic heterocycles. The zero-order valence-electron chi connectivity index (χ0n) is 30.6. The Morgan fingerprint density at radius 2 is 1.95 bits per heavy atom. The molecule has 0 bridgehead atoms. The number of nitrogens with zero attached hydrogens (tertiary/aromatic N) is 2. The van der Waals surface area contributed by atoms with Crippen LogP contribution in [0.2, 0.25) is 0 Å². The second kappa shape index (κ2) is 15.6. The number of aliphatic hydroxyl groups is 2. The number of aryl methyl sites for hydroxylation is 1. The molecule has 0 fully saturated rings. The molecule has 0 spiro atoms. The van der Waals surface area contributed by atoms with Crippen LogP contribution in [0.5, 0.6) is 0 Å². The topological polar surface area (TPSA) is 178 Å². The van der Waals surface area contributed by atoms with Crippen LogP contribution < -0.4 is 16.0 Å². The number of aliphatic hydroxyl groups excluding tert-OH is 1. The molecular formula is C39H42FN4O9PS. The second-order valence-electron chi connectivity index (χ2n) is 13.6. The summed E-state index contributed by atoms with van der Waals surface area (Å²) in [6.45, 7) is 5.37. The number of fused-ring (bicyclic) bond motifs is 5. The van der Waals surface area contributed by atoms with Gasteiger partial charge in [0.1, 0.15) is 12.4 Å². The number of aromatic nitrogens is 2. The van der Waals surface area contributed by atoms with Gasteiger partial charge in [-0.15, -0.1) is 11.8 Å². The first-order valence-electron chi connectivity index (χ1n) is 18.2. The fourth-order valence-corrected chi connectivity index (χ4v) is 9.80. The van der Waals surface area contributed by atoms with Crippen molar-refractivity contribution in [1.82, 2.24) is 14.9 Å². The number of benzene rings is 2. The van der Waals surface area contributed by atoms with Crippen LogP contribution in [0.3, 0.4) is 0 Å². The van der Waals surface area contributed by atoms with Crippen LogP contribution in [0.15, 0.2) is 52.4 Å². The van der Waals surface area contributed by atoms with Crippen LogP contribution in [0.1, 0.15) is 76.5 Å². The molecule has 0 radical (unpaired) electrons. The minimum absolute atomic E-state index is 0.00616. The molecule has 1 amide bonds. The van der Waals surface area contributed by atoms with Crippen LogP contribution in [0.4, 0.5) is 10.1 Å². The number of nitrogens with one attached hydrogen (secondary N) is 2. The SMILES string of the molecule is CCS/C=C\P(=O)(Nc1ccc(C(=O)N[C@H]2CCc3c(C)c(F)cc4nc5c(c2c34)Cn2c-5cc3c(c2=O)COC(=O)[C@]3(O)CC)cc1)OCCOCCO. The van der Waals surface area contributed by atoms with Gasteiger partial charge in [-0.1, -0.05) is 13.8 Å². The molecule has 55 heavy (non-hydrogen) atoms. The normalized spacial score (nSPS) is 19.5. The number of ether oxygens (including phenoxy) is 2. The maximum Gasteiger partial charge on any atom is 0.343 e. The predicted molar refractivity (Wildman–Crippen MR) is 207 cm³/mol. The molecule has 13 nitrogen and oxygen atoms in total. The third-order valence-electron chi connectivity index (χ3n) is 10.4. The highest BCUT2D eigenvalue weighted by Crippen LogP contribution is 2.49. The van der Waals surface area contributed by atoms with Gasteiger partial charge in [-0.2, -0.15) is 0 Å². The lowest BCUT2D eigenvalue weighted by Gasteiger charge is -2.31. The molecule has 7 rings (SSSR count). The quantitative estimate of drug-likeness (QED) is 0.0605. The first-order chi connectivity index (χ1) is 26.4. The van der Waals surface area contributed by atoms with E-state index in [0.717, 1.165) is 22.3 Å². The van der Waals surface area contributed by atoms with Gasteiger partial charge in [-0.05, 0) is 84.4 Å². The molecule has 3 atom stereocenters. The fourth-order valence-electron chi connectivity index (χ4n) is 7.55. The van der Waals surface area contributed by atoms with Crippen molar-refractivity contribution < 1.29 is 42.8 Å². The molecule has 1 aliphatic carbocycles. The third-order valence-corrected chi connectivity index (χ3v) is 12.9. The lowest BCUT2D eigenvalue weighted by Crippen LogP contribution is -2.44. The first kappa shape index (κ1) is 38.9. The molecule has 4 N–H and O–H groups in total. The van der Waals surface area contributed by atoms with E-state index in [1.807, 2.05) is 6.92 Å². The van der Waals surface area contributed by atoms with Gasteiger partial charge in [0, 0.05) is 39.6 Å². The van der Waals surface area contributed by atoms with E-state index in [2.05, 4.69) is 10.4 Å². The number of thioether (sulfide) groups is 1. The van der Waals surface area contributed by atoms with E-state index in [0.29, 0.717) is 52.1 Å². The highest BCUT2D eigenvalue weighted by atomic mass is 32.2. The zero-order valence-corrected chi connectivity index (χ0v) is 32.4. The van der Waals surface area contributed by atoms with Crippen molar-refractivity contribution >= 4 is 47.7 Å². The largest absolute Gasteiger partial charge is 0.458 e. The van der Waals surface area contributed by atoms with Crippen molar-refractivity contribution in [3.63, 3.8) is 0 Å². The monoisotopic (exact) mass is 792 g/mol. The van der Waals surface area contributed by atoms with E-state index in [1.54, 1.807) is 49.6 Å². The van der Waals surface area contributed by atoms with Crippen molar-refractivity contribution in [2.45, 2.75) is 64.8 Å². The summed E-state index contributed by atoms with van der Waals surface area (Å²) >= 11 is 1.47. The Balaban J connectivity index is 1.20. The van der Waals surface area contributed by atoms with Gasteiger partial charge in [0.05, 0.1) is 61.5 Å². The summed E-state index contributed by atoms with van der Waals surface area (Å²) in [4.78, 5) is 45.4. The lowest BCUT2D eigenvalue weighted by atomic mass is 9.81. The van der Waals surface area contributed by atoms with Gasteiger partial charge >= 0.3 is 13.5 Å². The fraction of sp³-hybridized carbons (Fsp3) is 0.385. The van der Waals surface area contributed by atoms with Crippen LogP contribution >= 0.6 is 19.3 Å². The number of cyclic esters (lactones) is 1. The van der Waals surface area contributed by atoms with Crippen molar-refractivity contribution in [2.75, 3.05) is 37.3 Å². The van der Waals surface area contributed by atoms with Gasteiger partial charge in [0.25, 0.3) is 11.5 Å². The summed E-state index contributed by atoms with van der Waals surface area (Å²) in [5, 5.41) is 28.8. The number of anilines is 1. The van der Waals surface area contributed by atoms with Crippen molar-refractivity contribution in [2.24, 2.45) is 0 Å². The number of halogens is 1. The maximum atomic E-state index is 15.3. The highest BCUT2D eigenvalue weighted by Gasteiger charge is 2.46. The van der Waals surface area contributed by atoms with Gasteiger partial charge in [-0.3, -0.25) is 14.2 Å². The smallest absolute Gasteiger partial charge is 0.343 e. The number of carbonyl (C=O) groups excluding carboxylic acids is 2. The Bertz CT molecular complexity index is 2330. The molecule has 0 saturated heterocycles. The molecule has 2 aromatic carbocycles. The average molecular weight is 793 g/mol. The van der Waals surface area contributed by atoms with Gasteiger partial charge in [-0.25, -0.2) is 14.2 Å². The van der Waals surface area contributed by atoms with Gasteiger partial charge < -0.3 is 39.2 Å². The van der Waals surface area contributed by atoms with Gasteiger partial charge in [0.15, 0.2) is 5.60 Å². The Hall–Kier alpha value is -4.37. The summed E-state index contributed by atoms with van der Waals surface area (Å²) in [6.07, 6.45) is 0.933.